The van der Waals surface area contributed by atoms with Crippen molar-refractivity contribution >= 4 is 10.2 Å². The molecule has 0 unspecified atom stereocenters. The second-order valence-electron chi connectivity index (χ2n) is 4.95. The molecule has 18 heavy (non-hydrogen) atoms. The molecule has 1 aromatic carbocycles. The summed E-state index contributed by atoms with van der Waals surface area (Å²) >= 11 is 0. The molecule has 1 fully saturated rings. The first kappa shape index (κ1) is 13.5. The Balaban J connectivity index is 2.22. The van der Waals surface area contributed by atoms with Crippen molar-refractivity contribution in [1.82, 2.24) is 8.61 Å². The molecule has 0 saturated carbocycles. The van der Waals surface area contributed by atoms with Crippen molar-refractivity contribution in [2.75, 3.05) is 20.1 Å². The highest BCUT2D eigenvalue weighted by atomic mass is 32.2. The van der Waals surface area contributed by atoms with Crippen LogP contribution in [0.2, 0.25) is 0 Å². The highest BCUT2D eigenvalue weighted by molar-refractivity contribution is 7.86. The fourth-order valence-electron chi connectivity index (χ4n) is 1.97. The number of hydrogen-bond donors (Lipinski definition) is 0. The van der Waals surface area contributed by atoms with Crippen molar-refractivity contribution in [3.05, 3.63) is 34.4 Å². The Hall–Kier alpha value is -0.910. The number of aryl methyl sites for hydroxylation is 1. The number of rotatable bonds is 4. The molecule has 4 nitrogen and oxygen atoms in total. The van der Waals surface area contributed by atoms with E-state index in [2.05, 4.69) is 26.8 Å². The van der Waals surface area contributed by atoms with Crippen LogP contribution in [0.1, 0.15) is 22.3 Å². The van der Waals surface area contributed by atoms with Crippen LogP contribution in [-0.2, 0) is 16.8 Å². The second kappa shape index (κ2) is 4.64. The van der Waals surface area contributed by atoms with Gasteiger partial charge in [0.1, 0.15) is 0 Å². The van der Waals surface area contributed by atoms with Crippen molar-refractivity contribution in [2.24, 2.45) is 0 Å². The van der Waals surface area contributed by atoms with E-state index in [9.17, 15) is 8.42 Å². The van der Waals surface area contributed by atoms with Crippen LogP contribution in [0, 0.1) is 20.8 Å². The van der Waals surface area contributed by atoms with Gasteiger partial charge in [-0.25, -0.2) is 0 Å². The quantitative estimate of drug-likeness (QED) is 0.778. The van der Waals surface area contributed by atoms with E-state index in [-0.39, 0.29) is 0 Å². The zero-order chi connectivity index (χ0) is 13.5. The van der Waals surface area contributed by atoms with Crippen LogP contribution in [0.4, 0.5) is 0 Å². The van der Waals surface area contributed by atoms with Gasteiger partial charge in [-0.3, -0.25) is 0 Å². The number of benzene rings is 1. The highest BCUT2D eigenvalue weighted by Crippen LogP contribution is 2.21. The summed E-state index contributed by atoms with van der Waals surface area (Å²) in [6, 6.07) is 4.07. The van der Waals surface area contributed by atoms with Crippen molar-refractivity contribution < 1.29 is 8.42 Å². The predicted molar refractivity (Wildman–Crippen MR) is 72.6 cm³/mol. The van der Waals surface area contributed by atoms with Crippen LogP contribution in [0.5, 0.6) is 0 Å². The van der Waals surface area contributed by atoms with Crippen molar-refractivity contribution in [1.29, 1.82) is 0 Å². The van der Waals surface area contributed by atoms with Gasteiger partial charge in [0.15, 0.2) is 0 Å². The lowest BCUT2D eigenvalue weighted by Crippen LogP contribution is -2.32. The van der Waals surface area contributed by atoms with E-state index in [0.717, 1.165) is 5.56 Å². The standard InChI is InChI=1S/C13H20N2O2S/c1-10-5-6-13(12(3)11(10)2)9-14(4)18(16,17)15-7-8-15/h5-6H,7-9H2,1-4H3. The van der Waals surface area contributed by atoms with Gasteiger partial charge in [0.05, 0.1) is 0 Å². The van der Waals surface area contributed by atoms with Crippen LogP contribution in [0.25, 0.3) is 0 Å². The zero-order valence-electron chi connectivity index (χ0n) is 11.4. The molecule has 0 aromatic heterocycles. The van der Waals surface area contributed by atoms with E-state index < -0.39 is 10.2 Å². The van der Waals surface area contributed by atoms with E-state index in [0.29, 0.717) is 19.6 Å². The van der Waals surface area contributed by atoms with Gasteiger partial charge in [-0.15, -0.1) is 0 Å². The second-order valence-corrected chi connectivity index (χ2v) is 6.99. The molecule has 2 rings (SSSR count). The van der Waals surface area contributed by atoms with Gasteiger partial charge in [-0.1, -0.05) is 12.1 Å². The van der Waals surface area contributed by atoms with Crippen molar-refractivity contribution in [3.63, 3.8) is 0 Å². The molecular weight excluding hydrogens is 248 g/mol. The molecule has 0 radical (unpaired) electrons. The monoisotopic (exact) mass is 268 g/mol. The molecular formula is C13H20N2O2S. The van der Waals surface area contributed by atoms with Gasteiger partial charge in [0.25, 0.3) is 10.2 Å². The summed E-state index contributed by atoms with van der Waals surface area (Å²) in [6.45, 7) is 7.94. The summed E-state index contributed by atoms with van der Waals surface area (Å²) in [5.41, 5.74) is 4.74. The average molecular weight is 268 g/mol. The van der Waals surface area contributed by atoms with Crippen molar-refractivity contribution in [2.45, 2.75) is 27.3 Å². The first-order valence-electron chi connectivity index (χ1n) is 6.11. The minimum atomic E-state index is -3.24. The molecule has 1 heterocycles. The Morgan fingerprint density at radius 3 is 2.33 bits per heavy atom. The van der Waals surface area contributed by atoms with Crippen LogP contribution in [0.3, 0.4) is 0 Å². The van der Waals surface area contributed by atoms with E-state index in [1.807, 2.05) is 6.07 Å². The predicted octanol–water partition coefficient (Wildman–Crippen LogP) is 1.60. The third kappa shape index (κ3) is 2.43. The van der Waals surface area contributed by atoms with E-state index in [4.69, 9.17) is 0 Å². The van der Waals surface area contributed by atoms with Gasteiger partial charge in [-0.2, -0.15) is 17.0 Å². The van der Waals surface area contributed by atoms with Crippen LogP contribution in [0.15, 0.2) is 12.1 Å². The Morgan fingerprint density at radius 1 is 1.17 bits per heavy atom. The lowest BCUT2D eigenvalue weighted by atomic mass is 9.99. The van der Waals surface area contributed by atoms with Gasteiger partial charge in [-0.05, 0) is 43.0 Å². The van der Waals surface area contributed by atoms with Crippen LogP contribution >= 0.6 is 0 Å². The van der Waals surface area contributed by atoms with E-state index >= 15 is 0 Å². The van der Waals surface area contributed by atoms with Crippen LogP contribution in [-0.4, -0.2) is 37.2 Å². The van der Waals surface area contributed by atoms with E-state index in [1.54, 1.807) is 7.05 Å². The van der Waals surface area contributed by atoms with Gasteiger partial charge < -0.3 is 0 Å². The number of nitrogens with zero attached hydrogens (tertiary/aromatic N) is 2. The Labute approximate surface area is 109 Å². The highest BCUT2D eigenvalue weighted by Gasteiger charge is 2.35. The lowest BCUT2D eigenvalue weighted by molar-refractivity contribution is 0.438. The Bertz CT molecular complexity index is 563. The first-order valence-corrected chi connectivity index (χ1v) is 7.51. The first-order chi connectivity index (χ1) is 8.34. The summed E-state index contributed by atoms with van der Waals surface area (Å²) in [5.74, 6) is 0. The van der Waals surface area contributed by atoms with Crippen molar-refractivity contribution in [3.8, 4) is 0 Å². The molecule has 5 heteroatoms. The third-order valence-electron chi connectivity index (χ3n) is 3.69. The number of hydrogen-bond acceptors (Lipinski definition) is 2. The fraction of sp³-hybridized carbons (Fsp3) is 0.538. The molecule has 1 aliphatic heterocycles. The molecule has 100 valence electrons. The molecule has 0 N–H and O–H groups in total. The molecule has 0 atom stereocenters. The molecule has 1 saturated heterocycles. The maximum Gasteiger partial charge on any atom is 0.282 e. The van der Waals surface area contributed by atoms with Crippen LogP contribution < -0.4 is 0 Å². The molecule has 0 bridgehead atoms. The maximum absolute atomic E-state index is 12.0. The van der Waals surface area contributed by atoms with Gasteiger partial charge in [0, 0.05) is 26.7 Å². The minimum absolute atomic E-state index is 0.436. The van der Waals surface area contributed by atoms with E-state index in [1.165, 1.54) is 25.3 Å². The topological polar surface area (TPSA) is 40.4 Å². The summed E-state index contributed by atoms with van der Waals surface area (Å²) in [5, 5.41) is 0. The molecule has 1 aliphatic rings. The Kier molecular flexibility index (Phi) is 3.49. The lowest BCUT2D eigenvalue weighted by Gasteiger charge is -2.19. The molecule has 0 amide bonds. The third-order valence-corrected chi connectivity index (χ3v) is 5.62. The maximum atomic E-state index is 12.0. The Morgan fingerprint density at radius 2 is 1.78 bits per heavy atom. The summed E-state index contributed by atoms with van der Waals surface area (Å²) in [7, 11) is -1.60. The van der Waals surface area contributed by atoms with Gasteiger partial charge in [0.2, 0.25) is 0 Å². The summed E-state index contributed by atoms with van der Waals surface area (Å²) in [6.07, 6.45) is 0. The zero-order valence-corrected chi connectivity index (χ0v) is 12.2. The fourth-order valence-corrected chi connectivity index (χ4v) is 3.21. The molecule has 0 aliphatic carbocycles. The SMILES string of the molecule is Cc1ccc(CN(C)S(=O)(=O)N2CC2)c(C)c1C. The molecule has 0 spiro atoms. The minimum Gasteiger partial charge on any atom is -0.195 e. The smallest absolute Gasteiger partial charge is 0.195 e. The molecule has 1 aromatic rings. The normalized spacial score (nSPS) is 16.3. The largest absolute Gasteiger partial charge is 0.282 e. The summed E-state index contributed by atoms with van der Waals surface area (Å²) in [4.78, 5) is 0. The van der Waals surface area contributed by atoms with Gasteiger partial charge >= 0.3 is 0 Å². The summed E-state index contributed by atoms with van der Waals surface area (Å²) < 4.78 is 26.9. The average Bonchev–Trinajstić information content (AvgIpc) is 3.14.